The van der Waals surface area contributed by atoms with Gasteiger partial charge in [-0.1, -0.05) is 17.7 Å². The first-order valence-electron chi connectivity index (χ1n) is 4.72. The molecule has 1 aromatic carbocycles. The second-order valence-corrected chi connectivity index (χ2v) is 4.33. The number of benzene rings is 1. The van der Waals surface area contributed by atoms with E-state index in [0.717, 1.165) is 29.0 Å². The lowest BCUT2D eigenvalue weighted by Crippen LogP contribution is -2.20. The Labute approximate surface area is 89.0 Å². The molecule has 0 radical (unpaired) electrons. The monoisotopic (exact) mass is 211 g/mol. The van der Waals surface area contributed by atoms with Crippen LogP contribution in [0.3, 0.4) is 0 Å². The van der Waals surface area contributed by atoms with Crippen LogP contribution in [0.5, 0.6) is 0 Å². The van der Waals surface area contributed by atoms with Gasteiger partial charge in [0.15, 0.2) is 0 Å². The Morgan fingerprint density at radius 1 is 1.50 bits per heavy atom. The van der Waals surface area contributed by atoms with Crippen LogP contribution in [0.15, 0.2) is 18.2 Å². The van der Waals surface area contributed by atoms with E-state index < -0.39 is 0 Å². The lowest BCUT2D eigenvalue weighted by atomic mass is 9.99. The molecule has 0 unspecified atom stereocenters. The number of ether oxygens (including phenoxy) is 1. The summed E-state index contributed by atoms with van der Waals surface area (Å²) < 4.78 is 5.13. The minimum absolute atomic E-state index is 0.140. The second-order valence-electron chi connectivity index (χ2n) is 3.89. The standard InChI is InChI=1S/C11H14ClNO/c1-14-7-8-2-3-9(12)6-10(8)11(13)4-5-11/h2-3,6H,4-5,7,13H2,1H3. The molecule has 1 fully saturated rings. The fourth-order valence-corrected chi connectivity index (χ4v) is 1.87. The predicted octanol–water partition coefficient (Wildman–Crippen LogP) is 2.43. The molecule has 2 N–H and O–H groups in total. The third kappa shape index (κ3) is 1.78. The summed E-state index contributed by atoms with van der Waals surface area (Å²) in [6.07, 6.45) is 2.09. The zero-order valence-corrected chi connectivity index (χ0v) is 8.97. The summed E-state index contributed by atoms with van der Waals surface area (Å²) in [5.41, 5.74) is 8.31. The van der Waals surface area contributed by atoms with E-state index in [0.29, 0.717) is 6.61 Å². The summed E-state index contributed by atoms with van der Waals surface area (Å²) in [4.78, 5) is 0. The Kier molecular flexibility index (Phi) is 2.52. The number of rotatable bonds is 3. The Balaban J connectivity index is 2.38. The normalized spacial score (nSPS) is 18.2. The third-order valence-electron chi connectivity index (χ3n) is 2.70. The molecule has 2 rings (SSSR count). The zero-order valence-electron chi connectivity index (χ0n) is 8.22. The smallest absolute Gasteiger partial charge is 0.0716 e. The highest BCUT2D eigenvalue weighted by Crippen LogP contribution is 2.44. The zero-order chi connectivity index (χ0) is 10.2. The predicted molar refractivity (Wildman–Crippen MR) is 57.3 cm³/mol. The van der Waals surface area contributed by atoms with E-state index in [1.54, 1.807) is 7.11 Å². The Bertz CT molecular complexity index is 347. The Hall–Kier alpha value is -0.570. The molecule has 1 aliphatic carbocycles. The van der Waals surface area contributed by atoms with E-state index in [9.17, 15) is 0 Å². The molecule has 0 spiro atoms. The van der Waals surface area contributed by atoms with Crippen molar-refractivity contribution < 1.29 is 4.74 Å². The largest absolute Gasteiger partial charge is 0.380 e. The van der Waals surface area contributed by atoms with Crippen molar-refractivity contribution in [2.45, 2.75) is 25.0 Å². The summed E-state index contributed by atoms with van der Waals surface area (Å²) in [6, 6.07) is 5.84. The third-order valence-corrected chi connectivity index (χ3v) is 2.93. The van der Waals surface area contributed by atoms with Crippen LogP contribution in [0.4, 0.5) is 0 Å². The van der Waals surface area contributed by atoms with E-state index in [1.165, 1.54) is 0 Å². The quantitative estimate of drug-likeness (QED) is 0.834. The molecule has 0 bridgehead atoms. The first kappa shape index (κ1) is 9.97. The first-order valence-corrected chi connectivity index (χ1v) is 5.10. The second kappa shape index (κ2) is 3.54. The number of halogens is 1. The van der Waals surface area contributed by atoms with E-state index >= 15 is 0 Å². The Morgan fingerprint density at radius 3 is 2.79 bits per heavy atom. The number of methoxy groups -OCH3 is 1. The molecule has 0 heterocycles. The minimum atomic E-state index is -0.140. The maximum absolute atomic E-state index is 6.15. The van der Waals surface area contributed by atoms with E-state index in [2.05, 4.69) is 0 Å². The lowest BCUT2D eigenvalue weighted by molar-refractivity contribution is 0.183. The van der Waals surface area contributed by atoms with Crippen LogP contribution in [0.25, 0.3) is 0 Å². The van der Waals surface area contributed by atoms with Gasteiger partial charge in [-0.15, -0.1) is 0 Å². The molecule has 0 saturated heterocycles. The maximum Gasteiger partial charge on any atom is 0.0716 e. The van der Waals surface area contributed by atoms with Crippen LogP contribution in [-0.4, -0.2) is 7.11 Å². The SMILES string of the molecule is COCc1ccc(Cl)cc1C1(N)CC1. The average molecular weight is 212 g/mol. The van der Waals surface area contributed by atoms with E-state index in [4.69, 9.17) is 22.1 Å². The van der Waals surface area contributed by atoms with Gasteiger partial charge < -0.3 is 10.5 Å². The van der Waals surface area contributed by atoms with Gasteiger partial charge in [-0.05, 0) is 36.1 Å². The number of nitrogens with two attached hydrogens (primary N) is 1. The molecule has 1 saturated carbocycles. The molecule has 3 heteroatoms. The van der Waals surface area contributed by atoms with Crippen LogP contribution in [-0.2, 0) is 16.9 Å². The van der Waals surface area contributed by atoms with E-state index in [-0.39, 0.29) is 5.54 Å². The van der Waals surface area contributed by atoms with Crippen molar-refractivity contribution in [1.82, 2.24) is 0 Å². The van der Waals surface area contributed by atoms with Crippen LogP contribution in [0.1, 0.15) is 24.0 Å². The molecule has 0 amide bonds. The molecular formula is C11H14ClNO. The minimum Gasteiger partial charge on any atom is -0.380 e. The molecule has 14 heavy (non-hydrogen) atoms. The van der Waals surface area contributed by atoms with Crippen LogP contribution >= 0.6 is 11.6 Å². The van der Waals surface area contributed by atoms with Gasteiger partial charge in [0.25, 0.3) is 0 Å². The molecule has 0 atom stereocenters. The van der Waals surface area contributed by atoms with Gasteiger partial charge >= 0.3 is 0 Å². The van der Waals surface area contributed by atoms with Crippen molar-refractivity contribution in [3.05, 3.63) is 34.3 Å². The molecule has 0 aromatic heterocycles. The van der Waals surface area contributed by atoms with Crippen molar-refractivity contribution in [3.63, 3.8) is 0 Å². The van der Waals surface area contributed by atoms with Gasteiger partial charge in [0.05, 0.1) is 6.61 Å². The molecule has 76 valence electrons. The summed E-state index contributed by atoms with van der Waals surface area (Å²) in [7, 11) is 1.69. The van der Waals surface area contributed by atoms with Gasteiger partial charge in [-0.3, -0.25) is 0 Å². The summed E-state index contributed by atoms with van der Waals surface area (Å²) in [5.74, 6) is 0. The van der Waals surface area contributed by atoms with Crippen molar-refractivity contribution in [1.29, 1.82) is 0 Å². The van der Waals surface area contributed by atoms with Gasteiger partial charge in [-0.2, -0.15) is 0 Å². The van der Waals surface area contributed by atoms with Crippen molar-refractivity contribution in [3.8, 4) is 0 Å². The molecular weight excluding hydrogens is 198 g/mol. The summed E-state index contributed by atoms with van der Waals surface area (Å²) in [5, 5.41) is 0.747. The highest BCUT2D eigenvalue weighted by atomic mass is 35.5. The lowest BCUT2D eigenvalue weighted by Gasteiger charge is -2.15. The highest BCUT2D eigenvalue weighted by molar-refractivity contribution is 6.30. The highest BCUT2D eigenvalue weighted by Gasteiger charge is 2.41. The number of hydrogen-bond donors (Lipinski definition) is 1. The van der Waals surface area contributed by atoms with Crippen molar-refractivity contribution >= 4 is 11.6 Å². The number of hydrogen-bond acceptors (Lipinski definition) is 2. The van der Waals surface area contributed by atoms with Gasteiger partial charge in [0.2, 0.25) is 0 Å². The summed E-state index contributed by atoms with van der Waals surface area (Å²) >= 11 is 5.95. The molecule has 2 nitrogen and oxygen atoms in total. The maximum atomic E-state index is 6.15. The van der Waals surface area contributed by atoms with Gasteiger partial charge in [-0.25, -0.2) is 0 Å². The summed E-state index contributed by atoms with van der Waals surface area (Å²) in [6.45, 7) is 0.603. The van der Waals surface area contributed by atoms with Crippen molar-refractivity contribution in [2.75, 3.05) is 7.11 Å². The van der Waals surface area contributed by atoms with E-state index in [1.807, 2.05) is 18.2 Å². The van der Waals surface area contributed by atoms with Crippen molar-refractivity contribution in [2.24, 2.45) is 5.73 Å². The van der Waals surface area contributed by atoms with Crippen LogP contribution in [0, 0.1) is 0 Å². The fourth-order valence-electron chi connectivity index (χ4n) is 1.70. The first-order chi connectivity index (χ1) is 6.65. The molecule has 1 aliphatic rings. The fraction of sp³-hybridized carbons (Fsp3) is 0.455. The molecule has 1 aromatic rings. The van der Waals surface area contributed by atoms with Crippen LogP contribution in [0.2, 0.25) is 5.02 Å². The Morgan fingerprint density at radius 2 is 2.21 bits per heavy atom. The topological polar surface area (TPSA) is 35.2 Å². The van der Waals surface area contributed by atoms with Gasteiger partial charge in [0, 0.05) is 17.7 Å². The molecule has 0 aliphatic heterocycles. The average Bonchev–Trinajstić information content (AvgIpc) is 2.89. The van der Waals surface area contributed by atoms with Gasteiger partial charge in [0.1, 0.15) is 0 Å². The van der Waals surface area contributed by atoms with Crippen LogP contribution < -0.4 is 5.73 Å².